The molecule has 0 radical (unpaired) electrons. The highest BCUT2D eigenvalue weighted by atomic mass is 79.9. The molecule has 1 aliphatic rings. The third kappa shape index (κ3) is 8.23. The minimum absolute atomic E-state index is 0.823. The van der Waals surface area contributed by atoms with Gasteiger partial charge in [-0.2, -0.15) is 0 Å². The Morgan fingerprint density at radius 1 is 0.788 bits per heavy atom. The molecule has 1 saturated heterocycles. The second-order valence-electron chi connectivity index (χ2n) is 7.30. The zero-order chi connectivity index (χ0) is 24.4. The predicted octanol–water partition coefficient (Wildman–Crippen LogP) is 2.95. The molecule has 9 nitrogen and oxygen atoms in total. The average Bonchev–Trinajstić information content (AvgIpc) is 2.81. The topological polar surface area (TPSA) is 109 Å². The van der Waals surface area contributed by atoms with Crippen LogP contribution >= 0.6 is 15.9 Å². The maximum atomic E-state index is 9.10. The van der Waals surface area contributed by atoms with Gasteiger partial charge in [-0.05, 0) is 24.3 Å². The molecule has 10 heteroatoms. The van der Waals surface area contributed by atoms with Crippen molar-refractivity contribution in [2.45, 2.75) is 13.1 Å². The van der Waals surface area contributed by atoms with Gasteiger partial charge in [0.25, 0.3) is 0 Å². The Morgan fingerprint density at radius 2 is 1.33 bits per heavy atom. The first kappa shape index (κ1) is 26.4. The van der Waals surface area contributed by atoms with Gasteiger partial charge in [0.2, 0.25) is 0 Å². The molecule has 0 atom stereocenters. The van der Waals surface area contributed by atoms with Crippen LogP contribution in [0.15, 0.2) is 40.9 Å². The van der Waals surface area contributed by atoms with Crippen LogP contribution in [0.5, 0.6) is 17.2 Å². The lowest BCUT2D eigenvalue weighted by Crippen LogP contribution is -2.45. The molecule has 1 aliphatic heterocycles. The van der Waals surface area contributed by atoms with Crippen molar-refractivity contribution in [1.29, 1.82) is 0 Å². The third-order valence-electron chi connectivity index (χ3n) is 5.17. The van der Waals surface area contributed by atoms with E-state index in [0.29, 0.717) is 0 Å². The Hall–Kier alpha value is -2.82. The number of hydrogen-bond donors (Lipinski definition) is 2. The van der Waals surface area contributed by atoms with E-state index in [4.69, 9.17) is 34.0 Å². The lowest BCUT2D eigenvalue weighted by atomic mass is 10.1. The Morgan fingerprint density at radius 3 is 1.82 bits per heavy atom. The molecule has 2 N–H and O–H groups in total. The highest BCUT2D eigenvalue weighted by molar-refractivity contribution is 9.10. The SMILES string of the molecule is COc1ccc(CN2CCN(Cc3cc(Br)ccc3OC)CC2)c(OC)c1.O=C(O)C(=O)O. The summed E-state index contributed by atoms with van der Waals surface area (Å²) in [6.07, 6.45) is 0. The second-order valence-corrected chi connectivity index (χ2v) is 8.21. The molecule has 0 bridgehead atoms. The fraction of sp³-hybridized carbons (Fsp3) is 0.391. The minimum Gasteiger partial charge on any atom is -0.497 e. The molecule has 0 aromatic heterocycles. The standard InChI is InChI=1S/C21H27BrN2O3.C2H2O4/c1-25-19-6-4-16(21(13-19)27-3)14-23-8-10-24(11-9-23)15-17-12-18(22)5-7-20(17)26-2;3-1(4)2(5)6/h4-7,12-13H,8-11,14-15H2,1-3H3;(H,3,4)(H,5,6). The molecular formula is C23H29BrN2O7. The molecule has 3 rings (SSSR count). The molecule has 33 heavy (non-hydrogen) atoms. The van der Waals surface area contributed by atoms with Crippen molar-refractivity contribution in [3.05, 3.63) is 52.0 Å². The number of benzene rings is 2. The van der Waals surface area contributed by atoms with E-state index in [2.05, 4.69) is 37.9 Å². The van der Waals surface area contributed by atoms with Crippen molar-refractivity contribution < 1.29 is 34.0 Å². The van der Waals surface area contributed by atoms with Crippen LogP contribution < -0.4 is 14.2 Å². The third-order valence-corrected chi connectivity index (χ3v) is 5.67. The molecule has 0 saturated carbocycles. The number of rotatable bonds is 7. The summed E-state index contributed by atoms with van der Waals surface area (Å²) in [5.41, 5.74) is 2.41. The Bertz CT molecular complexity index is 934. The summed E-state index contributed by atoms with van der Waals surface area (Å²) in [4.78, 5) is 23.1. The Balaban J connectivity index is 0.000000569. The van der Waals surface area contributed by atoms with Gasteiger partial charge < -0.3 is 24.4 Å². The van der Waals surface area contributed by atoms with E-state index in [1.54, 1.807) is 21.3 Å². The highest BCUT2D eigenvalue weighted by Gasteiger charge is 2.19. The van der Waals surface area contributed by atoms with Gasteiger partial charge in [-0.1, -0.05) is 22.0 Å². The fourth-order valence-corrected chi connectivity index (χ4v) is 3.85. The zero-order valence-electron chi connectivity index (χ0n) is 18.9. The highest BCUT2D eigenvalue weighted by Crippen LogP contribution is 2.27. The lowest BCUT2D eigenvalue weighted by Gasteiger charge is -2.35. The first-order chi connectivity index (χ1) is 15.8. The van der Waals surface area contributed by atoms with Gasteiger partial charge in [0.15, 0.2) is 0 Å². The van der Waals surface area contributed by atoms with E-state index < -0.39 is 11.9 Å². The molecule has 0 unspecified atom stereocenters. The van der Waals surface area contributed by atoms with Crippen molar-refractivity contribution >= 4 is 27.9 Å². The molecular weight excluding hydrogens is 496 g/mol. The molecule has 2 aromatic carbocycles. The normalized spacial score (nSPS) is 14.1. The lowest BCUT2D eigenvalue weighted by molar-refractivity contribution is -0.159. The number of carboxylic acids is 2. The molecule has 0 aliphatic carbocycles. The van der Waals surface area contributed by atoms with Crippen molar-refractivity contribution in [3.8, 4) is 17.2 Å². The van der Waals surface area contributed by atoms with Crippen LogP contribution in [0.4, 0.5) is 0 Å². The van der Waals surface area contributed by atoms with Crippen LogP contribution in [0.3, 0.4) is 0 Å². The van der Waals surface area contributed by atoms with Crippen molar-refractivity contribution in [1.82, 2.24) is 9.80 Å². The number of carboxylic acid groups (broad SMARTS) is 2. The van der Waals surface area contributed by atoms with Gasteiger partial charge in [-0.15, -0.1) is 0 Å². The monoisotopic (exact) mass is 524 g/mol. The van der Waals surface area contributed by atoms with Crippen LogP contribution in [0.1, 0.15) is 11.1 Å². The summed E-state index contributed by atoms with van der Waals surface area (Å²) >= 11 is 3.56. The van der Waals surface area contributed by atoms with Crippen molar-refractivity contribution in [3.63, 3.8) is 0 Å². The van der Waals surface area contributed by atoms with Crippen LogP contribution in [0, 0.1) is 0 Å². The van der Waals surface area contributed by atoms with E-state index in [9.17, 15) is 0 Å². The van der Waals surface area contributed by atoms with Crippen molar-refractivity contribution in [2.75, 3.05) is 47.5 Å². The van der Waals surface area contributed by atoms with Crippen molar-refractivity contribution in [2.24, 2.45) is 0 Å². The summed E-state index contributed by atoms with van der Waals surface area (Å²) in [5, 5.41) is 14.8. The Labute approximate surface area is 201 Å². The fourth-order valence-electron chi connectivity index (χ4n) is 3.44. The van der Waals surface area contributed by atoms with Gasteiger partial charge in [0, 0.05) is 60.9 Å². The molecule has 180 valence electrons. The maximum absolute atomic E-state index is 9.10. The Kier molecular flexibility index (Phi) is 10.4. The maximum Gasteiger partial charge on any atom is 0.414 e. The van der Waals surface area contributed by atoms with E-state index >= 15 is 0 Å². The second kappa shape index (κ2) is 13.0. The number of ether oxygens (including phenoxy) is 3. The molecule has 1 fully saturated rings. The van der Waals surface area contributed by atoms with Crippen LogP contribution in [0.25, 0.3) is 0 Å². The summed E-state index contributed by atoms with van der Waals surface area (Å²) in [6, 6.07) is 12.2. The van der Waals surface area contributed by atoms with Crippen LogP contribution in [-0.2, 0) is 22.7 Å². The van der Waals surface area contributed by atoms with Gasteiger partial charge >= 0.3 is 11.9 Å². The number of hydrogen-bond acceptors (Lipinski definition) is 7. The zero-order valence-corrected chi connectivity index (χ0v) is 20.5. The largest absolute Gasteiger partial charge is 0.497 e. The minimum atomic E-state index is -1.82. The first-order valence-electron chi connectivity index (χ1n) is 10.2. The van der Waals surface area contributed by atoms with Gasteiger partial charge in [-0.25, -0.2) is 9.59 Å². The molecule has 0 amide bonds. The van der Waals surface area contributed by atoms with E-state index in [1.165, 1.54) is 11.1 Å². The average molecular weight is 525 g/mol. The predicted molar refractivity (Wildman–Crippen MR) is 126 cm³/mol. The molecule has 1 heterocycles. The number of halogens is 1. The van der Waals surface area contributed by atoms with Crippen LogP contribution in [0.2, 0.25) is 0 Å². The van der Waals surface area contributed by atoms with Gasteiger partial charge in [-0.3, -0.25) is 9.80 Å². The number of methoxy groups -OCH3 is 3. The summed E-state index contributed by atoms with van der Waals surface area (Å²) in [5.74, 6) is -0.993. The number of piperazine rings is 1. The number of carbonyl (C=O) groups is 2. The number of nitrogens with zero attached hydrogens (tertiary/aromatic N) is 2. The van der Waals surface area contributed by atoms with Crippen LogP contribution in [-0.4, -0.2) is 79.5 Å². The molecule has 2 aromatic rings. The smallest absolute Gasteiger partial charge is 0.414 e. The molecule has 0 spiro atoms. The summed E-state index contributed by atoms with van der Waals surface area (Å²) in [7, 11) is 5.11. The van der Waals surface area contributed by atoms with E-state index in [1.807, 2.05) is 24.3 Å². The number of aliphatic carboxylic acids is 2. The van der Waals surface area contributed by atoms with Gasteiger partial charge in [0.05, 0.1) is 21.3 Å². The van der Waals surface area contributed by atoms with Gasteiger partial charge in [0.1, 0.15) is 17.2 Å². The first-order valence-corrected chi connectivity index (χ1v) is 11.0. The van der Waals surface area contributed by atoms with E-state index in [0.717, 1.165) is 61.0 Å². The van der Waals surface area contributed by atoms with E-state index in [-0.39, 0.29) is 0 Å². The quantitative estimate of drug-likeness (QED) is 0.528. The summed E-state index contributed by atoms with van der Waals surface area (Å²) in [6.45, 7) is 5.93. The summed E-state index contributed by atoms with van der Waals surface area (Å²) < 4.78 is 17.4.